The molecule has 0 radical (unpaired) electrons. The Balaban J connectivity index is 2.07. The molecule has 0 aromatic heterocycles. The van der Waals surface area contributed by atoms with Gasteiger partial charge in [0.1, 0.15) is 12.6 Å². The van der Waals surface area contributed by atoms with E-state index in [2.05, 4.69) is 5.32 Å². The van der Waals surface area contributed by atoms with E-state index >= 15 is 0 Å². The van der Waals surface area contributed by atoms with E-state index in [4.69, 9.17) is 34.8 Å². The Morgan fingerprint density at radius 1 is 0.872 bits per heavy atom. The summed E-state index contributed by atoms with van der Waals surface area (Å²) in [7, 11) is -4.26. The first-order valence-corrected chi connectivity index (χ1v) is 14.8. The third-order valence-corrected chi connectivity index (χ3v) is 8.51. The molecule has 2 amide bonds. The zero-order chi connectivity index (χ0) is 28.9. The van der Waals surface area contributed by atoms with Crippen molar-refractivity contribution < 1.29 is 18.0 Å². The number of carbonyl (C=O) groups is 2. The number of hydrogen-bond donors (Lipinski definition) is 1. The van der Waals surface area contributed by atoms with Crippen molar-refractivity contribution in [1.29, 1.82) is 0 Å². The van der Waals surface area contributed by atoms with Crippen molar-refractivity contribution >= 4 is 62.3 Å². The van der Waals surface area contributed by atoms with Crippen LogP contribution in [0.2, 0.25) is 15.1 Å². The summed E-state index contributed by atoms with van der Waals surface area (Å²) in [5.41, 5.74) is 1.63. The molecule has 11 heteroatoms. The first kappa shape index (κ1) is 30.8. The molecule has 1 unspecified atom stereocenters. The Morgan fingerprint density at radius 3 is 2.05 bits per heavy atom. The number of nitrogens with zero attached hydrogens (tertiary/aromatic N) is 2. The van der Waals surface area contributed by atoms with E-state index in [9.17, 15) is 18.0 Å². The number of hydrogen-bond acceptors (Lipinski definition) is 4. The number of amides is 2. The second kappa shape index (κ2) is 13.0. The van der Waals surface area contributed by atoms with Crippen molar-refractivity contribution in [2.75, 3.05) is 10.8 Å². The molecule has 39 heavy (non-hydrogen) atoms. The van der Waals surface area contributed by atoms with Gasteiger partial charge in [-0.05, 0) is 75.7 Å². The van der Waals surface area contributed by atoms with Crippen LogP contribution in [0, 0.1) is 6.92 Å². The predicted molar refractivity (Wildman–Crippen MR) is 157 cm³/mol. The van der Waals surface area contributed by atoms with Gasteiger partial charge in [-0.3, -0.25) is 13.9 Å². The monoisotopic (exact) mass is 609 g/mol. The minimum atomic E-state index is -4.26. The Labute approximate surface area is 244 Å². The van der Waals surface area contributed by atoms with Crippen molar-refractivity contribution in [3.8, 4) is 0 Å². The lowest BCUT2D eigenvalue weighted by molar-refractivity contribution is -0.139. The number of carbonyl (C=O) groups excluding carboxylic acids is 2. The number of nitrogens with one attached hydrogen (secondary N) is 1. The van der Waals surface area contributed by atoms with Crippen LogP contribution in [0.4, 0.5) is 5.69 Å². The van der Waals surface area contributed by atoms with Gasteiger partial charge in [-0.25, -0.2) is 8.42 Å². The highest BCUT2D eigenvalue weighted by atomic mass is 35.5. The topological polar surface area (TPSA) is 86.8 Å². The molecule has 0 spiro atoms. The van der Waals surface area contributed by atoms with Crippen LogP contribution in [0.25, 0.3) is 0 Å². The van der Waals surface area contributed by atoms with E-state index in [1.807, 2.05) is 20.8 Å². The summed E-state index contributed by atoms with van der Waals surface area (Å²) in [6.07, 6.45) is 0. The fourth-order valence-corrected chi connectivity index (χ4v) is 5.79. The molecule has 0 saturated heterocycles. The average molecular weight is 611 g/mol. The minimum Gasteiger partial charge on any atom is -0.352 e. The van der Waals surface area contributed by atoms with Crippen LogP contribution >= 0.6 is 34.8 Å². The van der Waals surface area contributed by atoms with Gasteiger partial charge >= 0.3 is 0 Å². The first-order chi connectivity index (χ1) is 18.3. The normalized spacial score (nSPS) is 12.2. The van der Waals surface area contributed by atoms with E-state index in [1.165, 1.54) is 35.2 Å². The van der Waals surface area contributed by atoms with E-state index < -0.39 is 28.5 Å². The second-order valence-corrected chi connectivity index (χ2v) is 12.6. The number of aryl methyl sites for hydroxylation is 1. The van der Waals surface area contributed by atoms with Crippen molar-refractivity contribution in [2.24, 2.45) is 0 Å². The Morgan fingerprint density at radius 2 is 1.46 bits per heavy atom. The number of sulfonamides is 1. The zero-order valence-corrected chi connectivity index (χ0v) is 25.1. The maximum Gasteiger partial charge on any atom is 0.264 e. The van der Waals surface area contributed by atoms with Crippen molar-refractivity contribution in [1.82, 2.24) is 10.2 Å². The van der Waals surface area contributed by atoms with Gasteiger partial charge in [-0.15, -0.1) is 0 Å². The van der Waals surface area contributed by atoms with Gasteiger partial charge in [-0.1, -0.05) is 64.6 Å². The first-order valence-electron chi connectivity index (χ1n) is 12.2. The number of anilines is 1. The number of benzene rings is 3. The molecule has 0 fully saturated rings. The molecule has 0 saturated carbocycles. The Kier molecular flexibility index (Phi) is 10.3. The van der Waals surface area contributed by atoms with Crippen LogP contribution in [0.5, 0.6) is 0 Å². The Bertz CT molecular complexity index is 1430. The third kappa shape index (κ3) is 7.88. The zero-order valence-electron chi connectivity index (χ0n) is 22.0. The molecule has 1 atom stereocenters. The SMILES string of the molecule is Cc1ccc(S(=O)(=O)N(CC(=O)N(Cc2ccc(Cl)cc2)C(C)C(=O)NC(C)C)c2cc(Cl)ccc2Cl)cc1. The average Bonchev–Trinajstić information content (AvgIpc) is 2.87. The largest absolute Gasteiger partial charge is 0.352 e. The lowest BCUT2D eigenvalue weighted by Gasteiger charge is -2.32. The summed E-state index contributed by atoms with van der Waals surface area (Å²) in [5, 5.41) is 3.67. The summed E-state index contributed by atoms with van der Waals surface area (Å²) >= 11 is 18.6. The van der Waals surface area contributed by atoms with Crippen LogP contribution in [0.1, 0.15) is 31.9 Å². The highest BCUT2D eigenvalue weighted by Gasteiger charge is 2.33. The van der Waals surface area contributed by atoms with Crippen LogP contribution in [-0.4, -0.2) is 43.8 Å². The molecule has 0 bridgehead atoms. The lowest BCUT2D eigenvalue weighted by atomic mass is 10.1. The van der Waals surface area contributed by atoms with Crippen molar-refractivity contribution in [3.05, 3.63) is 92.9 Å². The molecule has 3 rings (SSSR count). The van der Waals surface area contributed by atoms with Crippen molar-refractivity contribution in [2.45, 2.75) is 51.2 Å². The van der Waals surface area contributed by atoms with E-state index in [0.717, 1.165) is 9.87 Å². The Hall–Kier alpha value is -2.78. The standard InChI is InChI=1S/C28H30Cl3N3O4S/c1-18(2)32-28(36)20(4)33(16-21-7-9-22(29)10-8-21)27(35)17-34(26-15-23(30)11-14-25(26)31)39(37,38)24-12-5-19(3)6-13-24/h5-15,18,20H,16-17H2,1-4H3,(H,32,36). The predicted octanol–water partition coefficient (Wildman–Crippen LogP) is 6.09. The van der Waals surface area contributed by atoms with Gasteiger partial charge in [0.2, 0.25) is 11.8 Å². The summed E-state index contributed by atoms with van der Waals surface area (Å²) in [6.45, 7) is 6.48. The third-order valence-electron chi connectivity index (χ3n) is 5.93. The van der Waals surface area contributed by atoms with Crippen LogP contribution in [-0.2, 0) is 26.2 Å². The van der Waals surface area contributed by atoms with Gasteiger partial charge < -0.3 is 10.2 Å². The summed E-state index contributed by atoms with van der Waals surface area (Å²) in [6, 6.07) is 16.4. The molecule has 1 N–H and O–H groups in total. The minimum absolute atomic E-state index is 0.0215. The molecule has 7 nitrogen and oxygen atoms in total. The molecular formula is C28H30Cl3N3O4S. The highest BCUT2D eigenvalue weighted by molar-refractivity contribution is 7.92. The van der Waals surface area contributed by atoms with E-state index in [-0.39, 0.29) is 39.1 Å². The summed E-state index contributed by atoms with van der Waals surface area (Å²) < 4.78 is 28.7. The summed E-state index contributed by atoms with van der Waals surface area (Å²) in [5.74, 6) is -0.982. The smallest absolute Gasteiger partial charge is 0.264 e. The molecular weight excluding hydrogens is 581 g/mol. The van der Waals surface area contributed by atoms with E-state index in [0.29, 0.717) is 10.6 Å². The van der Waals surface area contributed by atoms with Gasteiger partial charge in [0.25, 0.3) is 10.0 Å². The van der Waals surface area contributed by atoms with Crippen LogP contribution < -0.4 is 9.62 Å². The molecule has 0 aliphatic heterocycles. The fourth-order valence-electron chi connectivity index (χ4n) is 3.80. The molecule has 0 aliphatic carbocycles. The van der Waals surface area contributed by atoms with Crippen LogP contribution in [0.3, 0.4) is 0 Å². The van der Waals surface area contributed by atoms with Crippen LogP contribution in [0.15, 0.2) is 71.6 Å². The number of rotatable bonds is 10. The molecule has 0 aliphatic rings. The molecule has 3 aromatic rings. The lowest BCUT2D eigenvalue weighted by Crippen LogP contribution is -2.52. The molecule has 3 aromatic carbocycles. The maximum absolute atomic E-state index is 13.9. The van der Waals surface area contributed by atoms with Gasteiger partial charge in [0.15, 0.2) is 0 Å². The summed E-state index contributed by atoms with van der Waals surface area (Å²) in [4.78, 5) is 28.2. The van der Waals surface area contributed by atoms with E-state index in [1.54, 1.807) is 43.3 Å². The second-order valence-electron chi connectivity index (χ2n) is 9.41. The number of halogens is 3. The quantitative estimate of drug-likeness (QED) is 0.301. The fraction of sp³-hybridized carbons (Fsp3) is 0.286. The highest BCUT2D eigenvalue weighted by Crippen LogP contribution is 2.33. The van der Waals surface area contributed by atoms with Gasteiger partial charge in [-0.2, -0.15) is 0 Å². The van der Waals surface area contributed by atoms with Gasteiger partial charge in [0, 0.05) is 22.6 Å². The van der Waals surface area contributed by atoms with Crippen molar-refractivity contribution in [3.63, 3.8) is 0 Å². The molecule has 0 heterocycles. The van der Waals surface area contributed by atoms with Gasteiger partial charge in [0.05, 0.1) is 15.6 Å². The molecule has 208 valence electrons. The maximum atomic E-state index is 13.9.